The smallest absolute Gasteiger partial charge is 0.135 e. The van der Waals surface area contributed by atoms with Crippen LogP contribution in [-0.2, 0) is 22.0 Å². The Morgan fingerprint density at radius 2 is 1.34 bits per heavy atom. The highest BCUT2D eigenvalue weighted by molar-refractivity contribution is 6.01. The molecule has 2 N–H and O–H groups in total. The first kappa shape index (κ1) is 43.6. The van der Waals surface area contributed by atoms with Gasteiger partial charge in [0, 0.05) is 45.9 Å². The number of ether oxygens (including phenoxy) is 2. The van der Waals surface area contributed by atoms with Gasteiger partial charge in [-0.1, -0.05) is 138 Å². The summed E-state index contributed by atoms with van der Waals surface area (Å²) >= 11 is 0. The molecule has 1 aliphatic carbocycles. The third-order valence-electron chi connectivity index (χ3n) is 12.2. The summed E-state index contributed by atoms with van der Waals surface area (Å²) < 4.78 is 13.0. The lowest BCUT2D eigenvalue weighted by Gasteiger charge is -2.27. The summed E-state index contributed by atoms with van der Waals surface area (Å²) in [6, 6.07) is 37.5. The van der Waals surface area contributed by atoms with Gasteiger partial charge in [0.05, 0.1) is 13.2 Å². The number of phenols is 2. The van der Waals surface area contributed by atoms with Crippen molar-refractivity contribution in [3.8, 4) is 51.8 Å². The fourth-order valence-corrected chi connectivity index (χ4v) is 8.64. The molecule has 0 fully saturated rings. The molecule has 316 valence electrons. The number of terminal acetylenes is 1. The summed E-state index contributed by atoms with van der Waals surface area (Å²) in [7, 11) is 0. The molecule has 0 saturated carbocycles. The third kappa shape index (κ3) is 8.81. The van der Waals surface area contributed by atoms with E-state index in [1.165, 1.54) is 16.7 Å². The molecule has 0 radical (unpaired) electrons. The predicted octanol–water partition coefficient (Wildman–Crippen LogP) is 14.7. The van der Waals surface area contributed by atoms with E-state index in [4.69, 9.17) is 15.9 Å². The Hall–Kier alpha value is -6.44. The van der Waals surface area contributed by atoms with Crippen LogP contribution in [0.25, 0.3) is 44.2 Å². The van der Waals surface area contributed by atoms with Crippen LogP contribution in [-0.4, -0.2) is 23.4 Å². The maximum absolute atomic E-state index is 12.2. The molecule has 1 aliphatic rings. The van der Waals surface area contributed by atoms with Gasteiger partial charge in [0.25, 0.3) is 0 Å². The fraction of sp³-hybridized carbons (Fsp3) is 0.276. The second kappa shape index (κ2) is 17.9. The second-order valence-corrected chi connectivity index (χ2v) is 18.6. The van der Waals surface area contributed by atoms with E-state index in [-0.39, 0.29) is 22.3 Å². The number of fused-ring (bicyclic) bond motifs is 2. The van der Waals surface area contributed by atoms with Crippen molar-refractivity contribution in [1.29, 1.82) is 0 Å². The number of phenolic OH excluding ortho intramolecular Hbond substituents is 2. The van der Waals surface area contributed by atoms with Crippen LogP contribution in [0.15, 0.2) is 133 Å². The highest BCUT2D eigenvalue weighted by Gasteiger charge is 2.28. The zero-order valence-electron chi connectivity index (χ0n) is 37.9. The molecule has 4 heteroatoms. The highest BCUT2D eigenvalue weighted by Crippen LogP contribution is 2.48. The van der Waals surface area contributed by atoms with Crippen LogP contribution in [0.1, 0.15) is 107 Å². The van der Waals surface area contributed by atoms with Crippen molar-refractivity contribution in [2.24, 2.45) is 0 Å². The third-order valence-corrected chi connectivity index (χ3v) is 12.2. The first-order valence-electron chi connectivity index (χ1n) is 21.8. The molecule has 7 rings (SSSR count). The lowest BCUT2D eigenvalue weighted by molar-refractivity contribution is 0.194. The number of para-hydroxylation sites is 1. The topological polar surface area (TPSA) is 58.9 Å². The largest absolute Gasteiger partial charge is 0.507 e. The molecule has 4 nitrogen and oxygen atoms in total. The Labute approximate surface area is 369 Å². The average Bonchev–Trinajstić information content (AvgIpc) is 3.24. The van der Waals surface area contributed by atoms with Gasteiger partial charge in [-0.05, 0) is 125 Å². The van der Waals surface area contributed by atoms with E-state index in [0.29, 0.717) is 36.7 Å². The normalized spacial score (nSPS) is 13.5. The van der Waals surface area contributed by atoms with Gasteiger partial charge in [0.1, 0.15) is 23.0 Å². The Bertz CT molecular complexity index is 2790. The van der Waals surface area contributed by atoms with Crippen molar-refractivity contribution in [3.63, 3.8) is 0 Å². The summed E-state index contributed by atoms with van der Waals surface area (Å²) in [6.07, 6.45) is 12.0. The van der Waals surface area contributed by atoms with Gasteiger partial charge in [-0.3, -0.25) is 0 Å². The van der Waals surface area contributed by atoms with E-state index in [1.54, 1.807) is 6.08 Å². The SMILES string of the molecule is C#C/C=C(OCCCOc1ccccc1-c1cc(C(C)(C)C)cc(-c2c(C)ccc3ccccc23)c1O)\C(=C/C)c1cc(C(C)(C)C)cc(C2=C(C)CCc3ccccc32)c1O. The van der Waals surface area contributed by atoms with Gasteiger partial charge in [0.15, 0.2) is 0 Å². The minimum atomic E-state index is -0.190. The van der Waals surface area contributed by atoms with E-state index in [9.17, 15) is 10.2 Å². The first-order chi connectivity index (χ1) is 29.6. The molecule has 0 atom stereocenters. The van der Waals surface area contributed by atoms with Gasteiger partial charge in [-0.25, -0.2) is 0 Å². The second-order valence-electron chi connectivity index (χ2n) is 18.6. The zero-order chi connectivity index (χ0) is 44.3. The Morgan fingerprint density at radius 3 is 2.06 bits per heavy atom. The number of allylic oxidation sites excluding steroid dienone is 4. The van der Waals surface area contributed by atoms with Gasteiger partial charge < -0.3 is 19.7 Å². The van der Waals surface area contributed by atoms with E-state index in [0.717, 1.165) is 79.3 Å². The molecule has 0 saturated heterocycles. The molecule has 0 amide bonds. The van der Waals surface area contributed by atoms with Crippen LogP contribution >= 0.6 is 0 Å². The number of hydrogen-bond donors (Lipinski definition) is 2. The molecular formula is C58H60O4. The monoisotopic (exact) mass is 820 g/mol. The minimum Gasteiger partial charge on any atom is -0.507 e. The molecule has 6 aromatic carbocycles. The Morgan fingerprint density at radius 1 is 0.694 bits per heavy atom. The van der Waals surface area contributed by atoms with E-state index < -0.39 is 0 Å². The molecule has 0 spiro atoms. The van der Waals surface area contributed by atoms with Crippen molar-refractivity contribution < 1.29 is 19.7 Å². The molecule has 0 bridgehead atoms. The Kier molecular flexibility index (Phi) is 12.6. The molecule has 0 aliphatic heterocycles. The number of aromatic hydroxyl groups is 2. The van der Waals surface area contributed by atoms with E-state index >= 15 is 0 Å². The number of hydrogen-bond acceptors (Lipinski definition) is 4. The van der Waals surface area contributed by atoms with Crippen molar-refractivity contribution in [2.45, 2.75) is 92.4 Å². The maximum atomic E-state index is 12.2. The number of rotatable bonds is 11. The lowest BCUT2D eigenvalue weighted by atomic mass is 9.78. The zero-order valence-corrected chi connectivity index (χ0v) is 37.9. The van der Waals surface area contributed by atoms with Crippen LogP contribution in [0.2, 0.25) is 0 Å². The quantitative estimate of drug-likeness (QED) is 0.0592. The molecule has 0 aromatic heterocycles. The molecular weight excluding hydrogens is 761 g/mol. The summed E-state index contributed by atoms with van der Waals surface area (Å²) in [5, 5.41) is 26.6. The Balaban J connectivity index is 1.15. The van der Waals surface area contributed by atoms with Crippen LogP contribution in [0.4, 0.5) is 0 Å². The number of benzene rings is 6. The van der Waals surface area contributed by atoms with Crippen LogP contribution in [0, 0.1) is 19.3 Å². The van der Waals surface area contributed by atoms with Crippen molar-refractivity contribution in [1.82, 2.24) is 0 Å². The van der Waals surface area contributed by atoms with Crippen molar-refractivity contribution in [3.05, 3.63) is 172 Å². The number of aryl methyl sites for hydroxylation is 2. The summed E-state index contributed by atoms with van der Waals surface area (Å²) in [6.45, 7) is 20.1. The molecule has 62 heavy (non-hydrogen) atoms. The molecule has 6 aromatic rings. The van der Waals surface area contributed by atoms with Gasteiger partial charge >= 0.3 is 0 Å². The first-order valence-corrected chi connectivity index (χ1v) is 21.8. The van der Waals surface area contributed by atoms with Gasteiger partial charge in [0.2, 0.25) is 0 Å². The minimum absolute atomic E-state index is 0.178. The van der Waals surface area contributed by atoms with Gasteiger partial charge in [-0.15, -0.1) is 6.42 Å². The van der Waals surface area contributed by atoms with Crippen molar-refractivity contribution >= 4 is 21.9 Å². The van der Waals surface area contributed by atoms with Gasteiger partial charge in [-0.2, -0.15) is 0 Å². The highest BCUT2D eigenvalue weighted by atomic mass is 16.5. The van der Waals surface area contributed by atoms with Crippen molar-refractivity contribution in [2.75, 3.05) is 13.2 Å². The lowest BCUT2D eigenvalue weighted by Crippen LogP contribution is -2.14. The van der Waals surface area contributed by atoms with Crippen LogP contribution in [0.5, 0.6) is 17.2 Å². The fourth-order valence-electron chi connectivity index (χ4n) is 8.64. The van der Waals surface area contributed by atoms with Crippen LogP contribution < -0.4 is 4.74 Å². The van der Waals surface area contributed by atoms with E-state index in [2.05, 4.69) is 140 Å². The average molecular weight is 821 g/mol. The molecule has 0 unspecified atom stereocenters. The van der Waals surface area contributed by atoms with Crippen LogP contribution in [0.3, 0.4) is 0 Å². The standard InChI is InChI=1S/C58H60O4/c1-11-20-51(43(12-2)47-33-41(57(5,6)7)35-49(55(47)59)53-37(3)27-29-39-21-13-15-23-44(39)53)61-31-19-32-62-52-26-18-17-25-46(52)48-34-42(58(8,9)10)36-50(56(48)60)54-38(4)28-30-40-22-14-16-24-45(40)54/h1,12-18,20-26,28,30,33-36,59-60H,19,27,29,31-32H2,2-10H3/b43-12-,51-20+. The summed E-state index contributed by atoms with van der Waals surface area (Å²) in [4.78, 5) is 0. The van der Waals surface area contributed by atoms with E-state index in [1.807, 2.05) is 43.3 Å². The predicted molar refractivity (Wildman–Crippen MR) is 260 cm³/mol. The molecule has 0 heterocycles. The maximum Gasteiger partial charge on any atom is 0.135 e. The summed E-state index contributed by atoms with van der Waals surface area (Å²) in [5.74, 6) is 4.30. The summed E-state index contributed by atoms with van der Waals surface area (Å²) in [5.41, 5.74) is 13.4.